The Hall–Kier alpha value is -2.66. The molecule has 1 N–H and O–H groups in total. The normalized spacial score (nSPS) is 17.8. The number of hydrogen-bond donors (Lipinski definition) is 1. The summed E-state index contributed by atoms with van der Waals surface area (Å²) in [5.41, 5.74) is 4.99. The maximum atomic E-state index is 13.5. The number of aromatic nitrogens is 2. The van der Waals surface area contributed by atoms with Crippen molar-refractivity contribution in [2.24, 2.45) is 13.0 Å². The van der Waals surface area contributed by atoms with E-state index < -0.39 is 5.60 Å². The van der Waals surface area contributed by atoms with Gasteiger partial charge in [-0.25, -0.2) is 0 Å². The van der Waals surface area contributed by atoms with Crippen LogP contribution >= 0.6 is 0 Å². The number of aryl methyl sites for hydroxylation is 2. The van der Waals surface area contributed by atoms with Crippen LogP contribution in [0.15, 0.2) is 36.4 Å². The van der Waals surface area contributed by atoms with Crippen LogP contribution in [0.2, 0.25) is 0 Å². The van der Waals surface area contributed by atoms with Crippen molar-refractivity contribution < 1.29 is 9.90 Å². The number of rotatable bonds is 4. The summed E-state index contributed by atoms with van der Waals surface area (Å²) < 4.78 is 1.89. The first-order valence-corrected chi connectivity index (χ1v) is 10.3. The van der Waals surface area contributed by atoms with E-state index >= 15 is 0 Å². The fraction of sp³-hybridized carbons (Fsp3) is 0.417. The number of hydrogen-bond acceptors (Lipinski definition) is 3. The van der Waals surface area contributed by atoms with Crippen LogP contribution in [-0.2, 0) is 13.6 Å². The van der Waals surface area contributed by atoms with Gasteiger partial charge in [-0.3, -0.25) is 9.48 Å². The van der Waals surface area contributed by atoms with Crippen LogP contribution in [0, 0.1) is 12.8 Å². The first-order chi connectivity index (χ1) is 13.8. The second-order valence-electron chi connectivity index (χ2n) is 9.15. The number of amides is 1. The molecule has 1 saturated carbocycles. The van der Waals surface area contributed by atoms with Crippen molar-refractivity contribution in [1.82, 2.24) is 14.7 Å². The van der Waals surface area contributed by atoms with E-state index in [-0.39, 0.29) is 11.9 Å². The quantitative estimate of drug-likeness (QED) is 0.732. The third-order valence-corrected chi connectivity index (χ3v) is 6.44. The molecule has 5 nitrogen and oxygen atoms in total. The summed E-state index contributed by atoms with van der Waals surface area (Å²) in [5, 5.41) is 16.4. The van der Waals surface area contributed by atoms with Gasteiger partial charge in [0.15, 0.2) is 0 Å². The summed E-state index contributed by atoms with van der Waals surface area (Å²) in [6, 6.07) is 12.2. The van der Waals surface area contributed by atoms with Gasteiger partial charge < -0.3 is 10.0 Å². The van der Waals surface area contributed by atoms with Gasteiger partial charge in [0.25, 0.3) is 5.91 Å². The molecule has 1 aliphatic carbocycles. The molecule has 2 aliphatic rings. The molecule has 3 aromatic rings. The van der Waals surface area contributed by atoms with Crippen molar-refractivity contribution in [3.63, 3.8) is 0 Å². The van der Waals surface area contributed by atoms with Crippen LogP contribution < -0.4 is 0 Å². The third-order valence-electron chi connectivity index (χ3n) is 6.44. The largest absolute Gasteiger partial charge is 0.388 e. The highest BCUT2D eigenvalue weighted by atomic mass is 16.3. The third kappa shape index (κ3) is 2.87. The Bertz CT molecular complexity index is 1130. The first-order valence-electron chi connectivity index (χ1n) is 10.3. The fourth-order valence-electron chi connectivity index (χ4n) is 5.08. The Balaban J connectivity index is 1.60. The van der Waals surface area contributed by atoms with Crippen molar-refractivity contribution in [3.05, 3.63) is 53.2 Å². The minimum Gasteiger partial charge on any atom is -0.388 e. The summed E-state index contributed by atoms with van der Waals surface area (Å²) in [5.74, 6) is 0.434. The molecule has 1 aromatic heterocycles. The second kappa shape index (κ2) is 6.17. The zero-order valence-electron chi connectivity index (χ0n) is 17.4. The van der Waals surface area contributed by atoms with Crippen molar-refractivity contribution in [2.75, 3.05) is 0 Å². The molecule has 0 radical (unpaired) electrons. The molecule has 0 saturated heterocycles. The Morgan fingerprint density at radius 2 is 1.97 bits per heavy atom. The average molecular weight is 389 g/mol. The van der Waals surface area contributed by atoms with Gasteiger partial charge in [-0.15, -0.1) is 0 Å². The van der Waals surface area contributed by atoms with Crippen LogP contribution in [0.25, 0.3) is 22.0 Å². The van der Waals surface area contributed by atoms with E-state index in [4.69, 9.17) is 0 Å². The molecule has 1 fully saturated rings. The number of aliphatic hydroxyl groups is 1. The molecule has 5 rings (SSSR count). The van der Waals surface area contributed by atoms with Gasteiger partial charge in [-0.05, 0) is 68.4 Å². The highest BCUT2D eigenvalue weighted by molar-refractivity contribution is 6.05. The summed E-state index contributed by atoms with van der Waals surface area (Å²) in [6.45, 7) is 6.23. The van der Waals surface area contributed by atoms with Crippen molar-refractivity contribution >= 4 is 16.8 Å². The van der Waals surface area contributed by atoms with Gasteiger partial charge in [0, 0.05) is 19.0 Å². The number of benzene rings is 2. The zero-order chi connectivity index (χ0) is 20.5. The molecule has 1 atom stereocenters. The maximum absolute atomic E-state index is 13.5. The van der Waals surface area contributed by atoms with E-state index in [1.165, 1.54) is 0 Å². The van der Waals surface area contributed by atoms with Gasteiger partial charge in [0.05, 0.1) is 28.4 Å². The number of nitrogens with zero attached hydrogens (tertiary/aromatic N) is 3. The Morgan fingerprint density at radius 1 is 1.21 bits per heavy atom. The Labute approximate surface area is 170 Å². The SMILES string of the molecule is Cc1nn(C)c2ccc(-c3cccc4c3C(=O)N([C@H](C3CC3)C(C)(C)O)C4)cc12. The van der Waals surface area contributed by atoms with Crippen molar-refractivity contribution in [3.8, 4) is 11.1 Å². The maximum Gasteiger partial charge on any atom is 0.255 e. The second-order valence-corrected chi connectivity index (χ2v) is 9.15. The molecule has 0 bridgehead atoms. The van der Waals surface area contributed by atoms with Gasteiger partial charge in [0.1, 0.15) is 0 Å². The monoisotopic (exact) mass is 389 g/mol. The van der Waals surface area contributed by atoms with Crippen LogP contribution in [0.5, 0.6) is 0 Å². The molecule has 1 amide bonds. The lowest BCUT2D eigenvalue weighted by atomic mass is 9.92. The van der Waals surface area contributed by atoms with E-state index in [1.807, 2.05) is 55.6 Å². The standard InChI is InChI=1S/C24H27N3O2/c1-14-19-12-16(10-11-20(19)26(4)25-14)18-7-5-6-17-13-27(23(28)21(17)18)22(15-8-9-15)24(2,3)29/h5-7,10-12,15,22,29H,8-9,13H2,1-4H3/t22-/m1/s1. The van der Waals surface area contributed by atoms with Gasteiger partial charge >= 0.3 is 0 Å². The molecule has 1 aliphatic heterocycles. The van der Waals surface area contributed by atoms with E-state index in [0.29, 0.717) is 12.5 Å². The minimum absolute atomic E-state index is 0.0395. The lowest BCUT2D eigenvalue weighted by molar-refractivity contribution is -0.0224. The molecule has 29 heavy (non-hydrogen) atoms. The van der Waals surface area contributed by atoms with Crippen LogP contribution in [-0.4, -0.2) is 37.3 Å². The molecule has 2 aromatic carbocycles. The van der Waals surface area contributed by atoms with E-state index in [2.05, 4.69) is 23.3 Å². The zero-order valence-corrected chi connectivity index (χ0v) is 17.4. The molecule has 0 spiro atoms. The summed E-state index contributed by atoms with van der Waals surface area (Å²) in [4.78, 5) is 15.4. The summed E-state index contributed by atoms with van der Waals surface area (Å²) in [6.07, 6.45) is 2.16. The molecule has 2 heterocycles. The summed E-state index contributed by atoms with van der Waals surface area (Å²) >= 11 is 0. The lowest BCUT2D eigenvalue weighted by Crippen LogP contribution is -2.51. The van der Waals surface area contributed by atoms with Gasteiger partial charge in [-0.2, -0.15) is 5.10 Å². The van der Waals surface area contributed by atoms with Crippen molar-refractivity contribution in [2.45, 2.75) is 51.8 Å². The topological polar surface area (TPSA) is 58.4 Å². The van der Waals surface area contributed by atoms with Crippen molar-refractivity contribution in [1.29, 1.82) is 0 Å². The predicted octanol–water partition coefficient (Wildman–Crippen LogP) is 4.05. The molecule has 5 heteroatoms. The van der Waals surface area contributed by atoms with Gasteiger partial charge in [0.2, 0.25) is 0 Å². The van der Waals surface area contributed by atoms with Crippen LogP contribution in [0.1, 0.15) is 48.3 Å². The highest BCUT2D eigenvalue weighted by Crippen LogP contribution is 2.44. The molecular weight excluding hydrogens is 362 g/mol. The molecule has 150 valence electrons. The average Bonchev–Trinajstić information content (AvgIpc) is 3.38. The Kier molecular flexibility index (Phi) is 3.91. The molecule has 0 unspecified atom stereocenters. The fourth-order valence-corrected chi connectivity index (χ4v) is 5.08. The minimum atomic E-state index is -0.912. The van der Waals surface area contributed by atoms with E-state index in [1.54, 1.807) is 0 Å². The molecular formula is C24H27N3O2. The first kappa shape index (κ1) is 18.4. The van der Waals surface area contributed by atoms with Gasteiger partial charge in [-0.1, -0.05) is 24.3 Å². The number of carbonyl (C=O) groups excluding carboxylic acids is 1. The van der Waals surface area contributed by atoms with E-state index in [9.17, 15) is 9.90 Å². The predicted molar refractivity (Wildman–Crippen MR) is 114 cm³/mol. The smallest absolute Gasteiger partial charge is 0.255 e. The van der Waals surface area contributed by atoms with Crippen LogP contribution in [0.3, 0.4) is 0 Å². The Morgan fingerprint density at radius 3 is 2.66 bits per heavy atom. The highest BCUT2D eigenvalue weighted by Gasteiger charge is 2.48. The van der Waals surface area contributed by atoms with Crippen LogP contribution in [0.4, 0.5) is 0 Å². The van der Waals surface area contributed by atoms with E-state index in [0.717, 1.165) is 51.7 Å². The summed E-state index contributed by atoms with van der Waals surface area (Å²) in [7, 11) is 1.95. The lowest BCUT2D eigenvalue weighted by Gasteiger charge is -2.37. The number of carbonyl (C=O) groups is 1. The number of fused-ring (bicyclic) bond motifs is 2.